The quantitative estimate of drug-likeness (QED) is 0.557. The van der Waals surface area contributed by atoms with Crippen molar-refractivity contribution >= 4 is 23.2 Å². The topological polar surface area (TPSA) is 43.9 Å². The Kier molecular flexibility index (Phi) is 5.51. The first-order valence-corrected chi connectivity index (χ1v) is 11.0. The van der Waals surface area contributed by atoms with Gasteiger partial charge in [-0.25, -0.2) is 0 Å². The van der Waals surface area contributed by atoms with Crippen LogP contribution in [0.2, 0.25) is 0 Å². The van der Waals surface area contributed by atoms with Gasteiger partial charge in [-0.2, -0.15) is 13.2 Å². The molecule has 1 fully saturated rings. The average Bonchev–Trinajstić information content (AvgIpc) is 3.19. The number of benzene rings is 3. The summed E-state index contributed by atoms with van der Waals surface area (Å²) >= 11 is 0. The fourth-order valence-corrected chi connectivity index (χ4v) is 4.58. The van der Waals surface area contributed by atoms with Crippen molar-refractivity contribution in [3.63, 3.8) is 0 Å². The van der Waals surface area contributed by atoms with Gasteiger partial charge in [-0.15, -0.1) is 0 Å². The lowest BCUT2D eigenvalue weighted by atomic mass is 10.1. The van der Waals surface area contributed by atoms with Gasteiger partial charge in [0.15, 0.2) is 0 Å². The van der Waals surface area contributed by atoms with Crippen LogP contribution >= 0.6 is 0 Å². The van der Waals surface area contributed by atoms with Crippen molar-refractivity contribution in [2.24, 2.45) is 0 Å². The molecule has 0 bridgehead atoms. The van der Waals surface area contributed by atoms with E-state index in [4.69, 9.17) is 0 Å². The summed E-state index contributed by atoms with van der Waals surface area (Å²) in [6.45, 7) is 2.11. The first kappa shape index (κ1) is 22.0. The first-order valence-electron chi connectivity index (χ1n) is 11.0. The Morgan fingerprint density at radius 3 is 2.18 bits per heavy atom. The van der Waals surface area contributed by atoms with Crippen molar-refractivity contribution in [2.45, 2.75) is 12.7 Å². The molecule has 0 aliphatic carbocycles. The number of halogens is 3. The third-order valence-corrected chi connectivity index (χ3v) is 6.36. The highest BCUT2D eigenvalue weighted by molar-refractivity contribution is 6.10. The molecule has 1 saturated heterocycles. The van der Waals surface area contributed by atoms with Crippen molar-refractivity contribution in [2.75, 3.05) is 36.0 Å². The number of hydrogen-bond acceptors (Lipinski definition) is 3. The van der Waals surface area contributed by atoms with Crippen LogP contribution in [0.25, 0.3) is 0 Å². The molecule has 5 rings (SSSR count). The highest BCUT2D eigenvalue weighted by Gasteiger charge is 2.36. The molecule has 2 aliphatic rings. The van der Waals surface area contributed by atoms with Crippen LogP contribution in [0.3, 0.4) is 0 Å². The number of anilines is 2. The van der Waals surface area contributed by atoms with E-state index in [-0.39, 0.29) is 11.5 Å². The van der Waals surface area contributed by atoms with E-state index in [1.54, 1.807) is 4.90 Å². The number of hydrogen-bond donors (Lipinski definition) is 0. The van der Waals surface area contributed by atoms with Gasteiger partial charge in [0, 0.05) is 43.1 Å². The molecule has 0 saturated carbocycles. The van der Waals surface area contributed by atoms with E-state index >= 15 is 0 Å². The molecule has 0 spiro atoms. The van der Waals surface area contributed by atoms with Crippen molar-refractivity contribution in [1.29, 1.82) is 0 Å². The van der Waals surface area contributed by atoms with E-state index in [9.17, 15) is 22.8 Å². The van der Waals surface area contributed by atoms with E-state index < -0.39 is 17.6 Å². The monoisotopic (exact) mass is 465 g/mol. The minimum Gasteiger partial charge on any atom is -0.368 e. The van der Waals surface area contributed by atoms with Gasteiger partial charge in [-0.1, -0.05) is 30.3 Å². The number of alkyl halides is 3. The van der Waals surface area contributed by atoms with Crippen molar-refractivity contribution < 1.29 is 22.8 Å². The van der Waals surface area contributed by atoms with Crippen LogP contribution < -0.4 is 9.80 Å². The molecule has 3 aromatic carbocycles. The molecular formula is C26H22F3N3O2. The average molecular weight is 465 g/mol. The minimum absolute atomic E-state index is 0.0357. The lowest BCUT2D eigenvalue weighted by molar-refractivity contribution is -0.138. The summed E-state index contributed by atoms with van der Waals surface area (Å²) in [4.78, 5) is 31.0. The van der Waals surface area contributed by atoms with Crippen LogP contribution in [-0.2, 0) is 12.7 Å². The molecule has 2 aliphatic heterocycles. The van der Waals surface area contributed by atoms with Gasteiger partial charge in [-0.3, -0.25) is 9.59 Å². The Balaban J connectivity index is 1.28. The Bertz CT molecular complexity index is 1240. The van der Waals surface area contributed by atoms with Crippen LogP contribution in [0.15, 0.2) is 72.8 Å². The number of carbonyl (C=O) groups is 2. The maximum atomic E-state index is 13.3. The van der Waals surface area contributed by atoms with Gasteiger partial charge in [0.1, 0.15) is 0 Å². The number of nitrogens with zero attached hydrogens (tertiary/aromatic N) is 3. The Morgan fingerprint density at radius 2 is 1.47 bits per heavy atom. The molecule has 34 heavy (non-hydrogen) atoms. The highest BCUT2D eigenvalue weighted by atomic mass is 19.4. The first-order chi connectivity index (χ1) is 16.3. The number of para-hydroxylation sites is 1. The molecule has 0 N–H and O–H groups in total. The highest BCUT2D eigenvalue weighted by Crippen LogP contribution is 2.33. The van der Waals surface area contributed by atoms with Crippen LogP contribution in [0, 0.1) is 0 Å². The van der Waals surface area contributed by atoms with Gasteiger partial charge >= 0.3 is 6.18 Å². The predicted octanol–water partition coefficient (Wildman–Crippen LogP) is 4.83. The second-order valence-corrected chi connectivity index (χ2v) is 8.39. The van der Waals surface area contributed by atoms with Gasteiger partial charge in [0.25, 0.3) is 11.8 Å². The normalized spacial score (nSPS) is 16.1. The zero-order chi connectivity index (χ0) is 23.9. The number of fused-ring (bicyclic) bond motifs is 1. The van der Waals surface area contributed by atoms with E-state index in [1.807, 2.05) is 48.5 Å². The second-order valence-electron chi connectivity index (χ2n) is 8.39. The van der Waals surface area contributed by atoms with Crippen molar-refractivity contribution in [3.8, 4) is 0 Å². The molecule has 2 heterocycles. The number of carbonyl (C=O) groups excluding carboxylic acids is 2. The van der Waals surface area contributed by atoms with Crippen LogP contribution in [0.5, 0.6) is 0 Å². The molecule has 0 aromatic heterocycles. The number of amides is 2. The summed E-state index contributed by atoms with van der Waals surface area (Å²) in [5.74, 6) is -0.642. The van der Waals surface area contributed by atoms with Crippen LogP contribution in [0.4, 0.5) is 24.5 Å². The van der Waals surface area contributed by atoms with Crippen molar-refractivity contribution in [3.05, 3.63) is 95.1 Å². The zero-order valence-corrected chi connectivity index (χ0v) is 18.3. The molecule has 2 amide bonds. The Morgan fingerprint density at radius 1 is 0.794 bits per heavy atom. The third kappa shape index (κ3) is 4.00. The Hall–Kier alpha value is -3.81. The third-order valence-electron chi connectivity index (χ3n) is 6.36. The van der Waals surface area contributed by atoms with E-state index in [0.29, 0.717) is 38.3 Å². The molecular weight excluding hydrogens is 443 g/mol. The summed E-state index contributed by atoms with van der Waals surface area (Å²) in [5.41, 5.74) is 2.16. The summed E-state index contributed by atoms with van der Waals surface area (Å²) in [6.07, 6.45) is -4.58. The lowest BCUT2D eigenvalue weighted by Gasteiger charge is -2.36. The van der Waals surface area contributed by atoms with Gasteiger partial charge < -0.3 is 14.7 Å². The van der Waals surface area contributed by atoms with Crippen molar-refractivity contribution in [1.82, 2.24) is 4.90 Å². The fraction of sp³-hybridized carbons (Fsp3) is 0.231. The molecule has 0 atom stereocenters. The fourth-order valence-electron chi connectivity index (χ4n) is 4.58. The summed E-state index contributed by atoms with van der Waals surface area (Å²) in [5, 5.41) is 0. The van der Waals surface area contributed by atoms with E-state index in [0.717, 1.165) is 23.0 Å². The molecule has 0 unspecified atom stereocenters. The predicted molar refractivity (Wildman–Crippen MR) is 123 cm³/mol. The maximum Gasteiger partial charge on any atom is 0.417 e. The SMILES string of the molecule is O=C(c1ccccc1C(F)(F)F)N1CCN(c2ccc3c(c2)CN(c2ccccc2)C3=O)CC1. The summed E-state index contributed by atoms with van der Waals surface area (Å²) < 4.78 is 40.0. The maximum absolute atomic E-state index is 13.3. The molecule has 5 nitrogen and oxygen atoms in total. The minimum atomic E-state index is -4.58. The summed E-state index contributed by atoms with van der Waals surface area (Å²) in [6, 6.07) is 20.1. The number of piperazine rings is 1. The smallest absolute Gasteiger partial charge is 0.368 e. The summed E-state index contributed by atoms with van der Waals surface area (Å²) in [7, 11) is 0. The van der Waals surface area contributed by atoms with Gasteiger partial charge in [-0.05, 0) is 48.0 Å². The van der Waals surface area contributed by atoms with Gasteiger partial charge in [0.2, 0.25) is 0 Å². The standard InChI is InChI=1S/C26H22F3N3O2/c27-26(28,29)23-9-5-4-8-22(23)24(33)31-14-12-30(13-15-31)20-10-11-21-18(16-20)17-32(25(21)34)19-6-2-1-3-7-19/h1-11,16H,12-15,17H2. The second kappa shape index (κ2) is 8.52. The molecule has 174 valence electrons. The molecule has 3 aromatic rings. The lowest BCUT2D eigenvalue weighted by Crippen LogP contribution is -2.49. The van der Waals surface area contributed by atoms with Gasteiger partial charge in [0.05, 0.1) is 17.7 Å². The zero-order valence-electron chi connectivity index (χ0n) is 18.3. The largest absolute Gasteiger partial charge is 0.417 e. The molecule has 0 radical (unpaired) electrons. The number of rotatable bonds is 3. The molecule has 8 heteroatoms. The van der Waals surface area contributed by atoms with Crippen LogP contribution in [0.1, 0.15) is 31.8 Å². The Labute approximate surface area is 195 Å². The van der Waals surface area contributed by atoms with E-state index in [2.05, 4.69) is 4.90 Å². The van der Waals surface area contributed by atoms with Crippen LogP contribution in [-0.4, -0.2) is 42.9 Å². The van der Waals surface area contributed by atoms with E-state index in [1.165, 1.54) is 23.1 Å².